The first kappa shape index (κ1) is 25.8. The van der Waals surface area contributed by atoms with Crippen molar-refractivity contribution >= 4 is 53.3 Å². The van der Waals surface area contributed by atoms with Crippen molar-refractivity contribution in [3.63, 3.8) is 0 Å². The Hall–Kier alpha value is -5.71. The first-order valence-electron chi connectivity index (χ1n) is 15.0. The Bertz CT molecular complexity index is 2520. The molecular formula is C41H25N3S. The molecule has 0 aliphatic rings. The van der Waals surface area contributed by atoms with Crippen LogP contribution < -0.4 is 0 Å². The number of aromatic nitrogens is 3. The SMILES string of the molecule is c1ccc(-c2nc(-c3ccc(-c4nc5ccccc5c5c(-c6ccccc6)cccc45)cc3)c3c(n2)sc2ccccc23)cc1. The van der Waals surface area contributed by atoms with Crippen LogP contribution in [0.15, 0.2) is 152 Å². The molecule has 0 radical (unpaired) electrons. The summed E-state index contributed by atoms with van der Waals surface area (Å²) in [6.07, 6.45) is 0. The molecule has 0 saturated carbocycles. The van der Waals surface area contributed by atoms with Crippen LogP contribution in [0.1, 0.15) is 0 Å². The summed E-state index contributed by atoms with van der Waals surface area (Å²) in [5.74, 6) is 0.740. The van der Waals surface area contributed by atoms with Gasteiger partial charge in [0.05, 0.1) is 16.9 Å². The molecule has 210 valence electrons. The number of thiophene rings is 1. The minimum Gasteiger partial charge on any atom is -0.247 e. The summed E-state index contributed by atoms with van der Waals surface area (Å²) < 4.78 is 1.21. The number of para-hydroxylation sites is 1. The minimum absolute atomic E-state index is 0.740. The molecule has 0 unspecified atom stereocenters. The minimum atomic E-state index is 0.740. The van der Waals surface area contributed by atoms with Crippen molar-refractivity contribution in [3.05, 3.63) is 152 Å². The van der Waals surface area contributed by atoms with Gasteiger partial charge in [-0.05, 0) is 23.3 Å². The molecule has 3 heterocycles. The summed E-state index contributed by atoms with van der Waals surface area (Å²) in [5.41, 5.74) is 8.47. The molecule has 0 amide bonds. The van der Waals surface area contributed by atoms with E-state index in [0.717, 1.165) is 60.4 Å². The number of hydrogen-bond acceptors (Lipinski definition) is 4. The lowest BCUT2D eigenvalue weighted by Crippen LogP contribution is -1.94. The van der Waals surface area contributed by atoms with Crippen LogP contribution in [-0.4, -0.2) is 15.0 Å². The van der Waals surface area contributed by atoms with Crippen molar-refractivity contribution in [2.75, 3.05) is 0 Å². The fourth-order valence-electron chi connectivity index (χ4n) is 6.42. The van der Waals surface area contributed by atoms with Crippen LogP contribution in [0.3, 0.4) is 0 Å². The molecule has 0 atom stereocenters. The average molecular weight is 592 g/mol. The molecule has 4 heteroatoms. The van der Waals surface area contributed by atoms with Gasteiger partial charge >= 0.3 is 0 Å². The van der Waals surface area contributed by atoms with Gasteiger partial charge in [0.2, 0.25) is 0 Å². The van der Waals surface area contributed by atoms with Crippen LogP contribution in [0.5, 0.6) is 0 Å². The highest BCUT2D eigenvalue weighted by Crippen LogP contribution is 2.41. The van der Waals surface area contributed by atoms with E-state index in [4.69, 9.17) is 15.0 Å². The maximum absolute atomic E-state index is 5.22. The van der Waals surface area contributed by atoms with Gasteiger partial charge in [0, 0.05) is 48.3 Å². The quantitative estimate of drug-likeness (QED) is 0.191. The van der Waals surface area contributed by atoms with E-state index < -0.39 is 0 Å². The van der Waals surface area contributed by atoms with E-state index in [1.807, 2.05) is 18.2 Å². The van der Waals surface area contributed by atoms with Crippen LogP contribution in [0.25, 0.3) is 87.0 Å². The average Bonchev–Trinajstić information content (AvgIpc) is 3.50. The second-order valence-corrected chi connectivity index (χ2v) is 12.2. The van der Waals surface area contributed by atoms with E-state index in [0.29, 0.717) is 0 Å². The van der Waals surface area contributed by atoms with Crippen molar-refractivity contribution in [1.29, 1.82) is 0 Å². The summed E-state index contributed by atoms with van der Waals surface area (Å²) in [4.78, 5) is 16.4. The lowest BCUT2D eigenvalue weighted by molar-refractivity contribution is 1.24. The van der Waals surface area contributed by atoms with Crippen molar-refractivity contribution in [3.8, 4) is 45.0 Å². The molecule has 3 nitrogen and oxygen atoms in total. The van der Waals surface area contributed by atoms with Crippen molar-refractivity contribution in [2.45, 2.75) is 0 Å². The Kier molecular flexibility index (Phi) is 6.00. The lowest BCUT2D eigenvalue weighted by Gasteiger charge is -2.14. The summed E-state index contributed by atoms with van der Waals surface area (Å²) >= 11 is 1.72. The third-order valence-electron chi connectivity index (χ3n) is 8.51. The smallest absolute Gasteiger partial charge is 0.161 e. The first-order chi connectivity index (χ1) is 22.3. The van der Waals surface area contributed by atoms with E-state index in [-0.39, 0.29) is 0 Å². The fraction of sp³-hybridized carbons (Fsp3) is 0. The maximum Gasteiger partial charge on any atom is 0.161 e. The van der Waals surface area contributed by atoms with Crippen LogP contribution in [0.4, 0.5) is 0 Å². The summed E-state index contributed by atoms with van der Waals surface area (Å²) in [6.45, 7) is 0. The fourth-order valence-corrected chi connectivity index (χ4v) is 7.49. The molecule has 9 rings (SSSR count). The summed E-state index contributed by atoms with van der Waals surface area (Å²) in [6, 6.07) is 53.1. The van der Waals surface area contributed by atoms with E-state index in [2.05, 4.69) is 133 Å². The van der Waals surface area contributed by atoms with Gasteiger partial charge in [0.25, 0.3) is 0 Å². The molecular weight excluding hydrogens is 567 g/mol. The Morgan fingerprint density at radius 2 is 1.00 bits per heavy atom. The number of hydrogen-bond donors (Lipinski definition) is 0. The molecule has 45 heavy (non-hydrogen) atoms. The van der Waals surface area contributed by atoms with Gasteiger partial charge in [-0.3, -0.25) is 0 Å². The highest BCUT2D eigenvalue weighted by molar-refractivity contribution is 7.25. The van der Waals surface area contributed by atoms with Gasteiger partial charge in [-0.25, -0.2) is 15.0 Å². The monoisotopic (exact) mass is 591 g/mol. The maximum atomic E-state index is 5.22. The van der Waals surface area contributed by atoms with Crippen molar-refractivity contribution in [2.24, 2.45) is 0 Å². The molecule has 6 aromatic carbocycles. The predicted molar refractivity (Wildman–Crippen MR) is 189 cm³/mol. The molecule has 0 fully saturated rings. The summed E-state index contributed by atoms with van der Waals surface area (Å²) in [5, 5.41) is 5.82. The van der Waals surface area contributed by atoms with Gasteiger partial charge < -0.3 is 0 Å². The van der Waals surface area contributed by atoms with Gasteiger partial charge in [0.1, 0.15) is 4.83 Å². The van der Waals surface area contributed by atoms with Crippen LogP contribution in [0.2, 0.25) is 0 Å². The van der Waals surface area contributed by atoms with Gasteiger partial charge in [-0.15, -0.1) is 11.3 Å². The third kappa shape index (κ3) is 4.30. The van der Waals surface area contributed by atoms with E-state index in [1.54, 1.807) is 11.3 Å². The lowest BCUT2D eigenvalue weighted by atomic mass is 9.92. The zero-order valence-corrected chi connectivity index (χ0v) is 25.0. The third-order valence-corrected chi connectivity index (χ3v) is 9.58. The Labute approximate surface area is 264 Å². The van der Waals surface area contributed by atoms with E-state index in [1.165, 1.54) is 26.6 Å². The normalized spacial score (nSPS) is 11.6. The molecule has 0 spiro atoms. The molecule has 0 N–H and O–H groups in total. The largest absolute Gasteiger partial charge is 0.247 e. The highest BCUT2D eigenvalue weighted by Gasteiger charge is 2.18. The molecule has 0 saturated heterocycles. The molecule has 0 aliphatic heterocycles. The Morgan fingerprint density at radius 1 is 0.378 bits per heavy atom. The van der Waals surface area contributed by atoms with Gasteiger partial charge in [-0.1, -0.05) is 140 Å². The standard InChI is InChI=1S/C41H25N3S/c1-3-12-26(13-4-1)30-18-11-19-33-36(30)31-16-7-9-20-34(31)42-38(33)27-22-24-28(25-23-27)39-37-32-17-8-10-21-35(32)45-41(37)44-40(43-39)29-14-5-2-6-15-29/h1-25H. The second-order valence-electron chi connectivity index (χ2n) is 11.2. The summed E-state index contributed by atoms with van der Waals surface area (Å²) in [7, 11) is 0. The Balaban J connectivity index is 1.25. The van der Waals surface area contributed by atoms with E-state index >= 15 is 0 Å². The van der Waals surface area contributed by atoms with E-state index in [9.17, 15) is 0 Å². The first-order valence-corrected chi connectivity index (χ1v) is 15.9. The number of fused-ring (bicyclic) bond motifs is 6. The topological polar surface area (TPSA) is 38.7 Å². The Morgan fingerprint density at radius 3 is 1.78 bits per heavy atom. The number of pyridine rings is 1. The molecule has 3 aromatic heterocycles. The zero-order valence-electron chi connectivity index (χ0n) is 24.2. The number of nitrogens with zero attached hydrogens (tertiary/aromatic N) is 3. The molecule has 9 aromatic rings. The molecule has 0 aliphatic carbocycles. The second kappa shape index (κ2) is 10.5. The van der Waals surface area contributed by atoms with Crippen LogP contribution in [-0.2, 0) is 0 Å². The van der Waals surface area contributed by atoms with Crippen molar-refractivity contribution < 1.29 is 0 Å². The number of rotatable bonds is 4. The van der Waals surface area contributed by atoms with Crippen molar-refractivity contribution in [1.82, 2.24) is 15.0 Å². The zero-order chi connectivity index (χ0) is 29.7. The van der Waals surface area contributed by atoms with Crippen LogP contribution >= 0.6 is 11.3 Å². The van der Waals surface area contributed by atoms with Crippen LogP contribution in [0, 0.1) is 0 Å². The molecule has 0 bridgehead atoms. The number of benzene rings is 6. The highest BCUT2D eigenvalue weighted by atomic mass is 32.1. The van der Waals surface area contributed by atoms with Gasteiger partial charge in [0.15, 0.2) is 5.82 Å². The predicted octanol–water partition coefficient (Wildman–Crippen LogP) is 11.2. The van der Waals surface area contributed by atoms with Gasteiger partial charge in [-0.2, -0.15) is 0 Å².